The smallest absolute Gasteiger partial charge is 0.407 e. The number of amides is 3. The number of rotatable bonds is 19. The van der Waals surface area contributed by atoms with E-state index >= 15 is 0 Å². The molecule has 4 rings (SSSR count). The summed E-state index contributed by atoms with van der Waals surface area (Å²) < 4.78 is 5.49. The Morgan fingerprint density at radius 3 is 2.22 bits per heavy atom. The van der Waals surface area contributed by atoms with Gasteiger partial charge in [0.2, 0.25) is 0 Å². The van der Waals surface area contributed by atoms with Crippen LogP contribution < -0.4 is 16.4 Å². The molecular weight excluding hydrogens is 657 g/mol. The molecule has 0 fully saturated rings. The molecule has 0 aliphatic rings. The molecule has 0 saturated carbocycles. The van der Waals surface area contributed by atoms with Crippen molar-refractivity contribution in [2.24, 2.45) is 11.7 Å². The summed E-state index contributed by atoms with van der Waals surface area (Å²) >= 11 is 3.02. The SMILES string of the molecule is CC(C)c1nc(CN(C)C(=O)N[C@@H](CCN)C(=O)C[C@H](CC[C@H](Cc2ccccc2)NC(=O)OCc2cncs2)Cc2ccccc2)cs1. The molecule has 2 aromatic carbocycles. The van der Waals surface area contributed by atoms with E-state index in [-0.39, 0.29) is 43.3 Å². The maximum Gasteiger partial charge on any atom is 0.407 e. The number of thiazole rings is 2. The summed E-state index contributed by atoms with van der Waals surface area (Å²) in [6, 6.07) is 18.8. The fourth-order valence-corrected chi connectivity index (χ4v) is 6.92. The van der Waals surface area contributed by atoms with E-state index in [1.807, 2.05) is 53.9 Å². The van der Waals surface area contributed by atoms with Crippen molar-refractivity contribution in [1.29, 1.82) is 0 Å². The topological polar surface area (TPSA) is 140 Å². The molecule has 0 aliphatic carbocycles. The Hall–Kier alpha value is -4.13. The second-order valence-corrected chi connectivity index (χ2v) is 14.5. The van der Waals surface area contributed by atoms with Crippen molar-refractivity contribution >= 4 is 40.6 Å². The average Bonchev–Trinajstić information content (AvgIpc) is 3.80. The van der Waals surface area contributed by atoms with Crippen molar-refractivity contribution in [3.05, 3.63) is 104 Å². The van der Waals surface area contributed by atoms with Gasteiger partial charge in [-0.15, -0.1) is 22.7 Å². The minimum absolute atomic E-state index is 0.0254. The molecular formula is C37H48N6O4S2. The van der Waals surface area contributed by atoms with Gasteiger partial charge < -0.3 is 26.0 Å². The first-order valence-corrected chi connectivity index (χ1v) is 18.5. The maximum absolute atomic E-state index is 13.8. The molecule has 0 spiro atoms. The van der Waals surface area contributed by atoms with Gasteiger partial charge in [0.05, 0.1) is 33.7 Å². The second-order valence-electron chi connectivity index (χ2n) is 12.6. The first kappa shape index (κ1) is 37.7. The van der Waals surface area contributed by atoms with E-state index in [2.05, 4.69) is 46.6 Å². The van der Waals surface area contributed by atoms with Crippen LogP contribution in [0.4, 0.5) is 9.59 Å². The van der Waals surface area contributed by atoms with Gasteiger partial charge in [0.15, 0.2) is 5.78 Å². The number of hydrogen-bond acceptors (Lipinski definition) is 9. The van der Waals surface area contributed by atoms with Crippen molar-refractivity contribution < 1.29 is 19.1 Å². The van der Waals surface area contributed by atoms with E-state index in [0.717, 1.165) is 26.7 Å². The zero-order valence-corrected chi connectivity index (χ0v) is 30.2. The quantitative estimate of drug-likeness (QED) is 0.0985. The van der Waals surface area contributed by atoms with Crippen LogP contribution in [0.5, 0.6) is 0 Å². The largest absolute Gasteiger partial charge is 0.444 e. The molecule has 0 unspecified atom stereocenters. The molecule has 4 N–H and O–H groups in total. The van der Waals surface area contributed by atoms with Gasteiger partial charge in [0.25, 0.3) is 0 Å². The van der Waals surface area contributed by atoms with Gasteiger partial charge >= 0.3 is 12.1 Å². The highest BCUT2D eigenvalue weighted by Crippen LogP contribution is 2.23. The van der Waals surface area contributed by atoms with Crippen molar-refractivity contribution in [2.45, 2.75) is 83.5 Å². The lowest BCUT2D eigenvalue weighted by atomic mass is 9.86. The number of Topliss-reactive ketones (excluding diaryl/α,β-unsaturated/α-hetero) is 1. The number of nitrogens with zero attached hydrogens (tertiary/aromatic N) is 3. The van der Waals surface area contributed by atoms with Crippen LogP contribution in [0, 0.1) is 5.92 Å². The number of hydrogen-bond donors (Lipinski definition) is 3. The number of carbonyl (C=O) groups is 3. The standard InChI is InChI=1S/C37H48N6O4S2/c1-26(2)35-40-31(24-48-35)22-43(3)36(45)42-33(16-17-38)34(44)20-29(18-27-10-6-4-7-11-27)14-15-30(19-28-12-8-5-9-13-28)41-37(46)47-23-32-21-39-25-49-32/h4-13,21,24-26,29-30,33H,14-20,22-23,38H2,1-3H3,(H,41,46)(H,42,45)/t29-,30-,33+/m1/s1. The molecule has 3 atom stereocenters. The lowest BCUT2D eigenvalue weighted by molar-refractivity contribution is -0.122. The summed E-state index contributed by atoms with van der Waals surface area (Å²) in [5.74, 6) is 0.239. The normalized spacial score (nSPS) is 13.0. The molecule has 0 bridgehead atoms. The van der Waals surface area contributed by atoms with Crippen molar-refractivity contribution in [1.82, 2.24) is 25.5 Å². The zero-order chi connectivity index (χ0) is 35.0. The molecule has 2 heterocycles. The van der Waals surface area contributed by atoms with Crippen molar-refractivity contribution in [2.75, 3.05) is 13.6 Å². The third-order valence-corrected chi connectivity index (χ3v) is 10.2. The first-order chi connectivity index (χ1) is 23.7. The number of aromatic nitrogens is 2. The Labute approximate surface area is 297 Å². The number of ketones is 1. The van der Waals surface area contributed by atoms with Gasteiger partial charge in [-0.2, -0.15) is 0 Å². The third kappa shape index (κ3) is 13.0. The lowest BCUT2D eigenvalue weighted by Gasteiger charge is -2.25. The van der Waals surface area contributed by atoms with Crippen LogP contribution in [0.1, 0.15) is 72.2 Å². The molecule has 3 amide bonds. The number of ether oxygens (including phenoxy) is 1. The van der Waals surface area contributed by atoms with Crippen molar-refractivity contribution in [3.8, 4) is 0 Å². The Balaban J connectivity index is 1.42. The van der Waals surface area contributed by atoms with E-state index < -0.39 is 12.1 Å². The Bertz CT molecular complexity index is 1570. The predicted molar refractivity (Wildman–Crippen MR) is 196 cm³/mol. The predicted octanol–water partition coefficient (Wildman–Crippen LogP) is 6.72. The fourth-order valence-electron chi connectivity index (χ4n) is 5.58. The van der Waals surface area contributed by atoms with Crippen LogP contribution in [0.25, 0.3) is 0 Å². The first-order valence-electron chi connectivity index (χ1n) is 16.8. The number of nitrogens with two attached hydrogens (primary N) is 1. The van der Waals surface area contributed by atoms with Crippen LogP contribution in [0.3, 0.4) is 0 Å². The molecule has 0 saturated heterocycles. The number of nitrogens with one attached hydrogen (secondary N) is 2. The molecule has 4 aromatic rings. The molecule has 10 nitrogen and oxygen atoms in total. The second kappa shape index (κ2) is 19.8. The fraction of sp³-hybridized carbons (Fsp3) is 0.432. The summed E-state index contributed by atoms with van der Waals surface area (Å²) in [6.07, 6.45) is 4.43. The maximum atomic E-state index is 13.8. The minimum Gasteiger partial charge on any atom is -0.444 e. The molecule has 12 heteroatoms. The van der Waals surface area contributed by atoms with Gasteiger partial charge in [-0.25, -0.2) is 14.6 Å². The van der Waals surface area contributed by atoms with E-state index in [0.29, 0.717) is 44.6 Å². The average molecular weight is 705 g/mol. The highest BCUT2D eigenvalue weighted by Gasteiger charge is 2.26. The monoisotopic (exact) mass is 704 g/mol. The van der Waals surface area contributed by atoms with Crippen LogP contribution in [0.15, 0.2) is 77.8 Å². The molecule has 0 aliphatic heterocycles. The van der Waals surface area contributed by atoms with Crippen molar-refractivity contribution in [3.63, 3.8) is 0 Å². The summed E-state index contributed by atoms with van der Waals surface area (Å²) in [4.78, 5) is 51.0. The lowest BCUT2D eigenvalue weighted by Crippen LogP contribution is -2.47. The Kier molecular flexibility index (Phi) is 15.2. The number of alkyl carbamates (subject to hydrolysis) is 1. The van der Waals surface area contributed by atoms with Gasteiger partial charge in [0, 0.05) is 37.0 Å². The summed E-state index contributed by atoms with van der Waals surface area (Å²) in [6.45, 7) is 4.95. The van der Waals surface area contributed by atoms with E-state index in [4.69, 9.17) is 10.5 Å². The highest BCUT2D eigenvalue weighted by atomic mass is 32.1. The Morgan fingerprint density at radius 1 is 0.918 bits per heavy atom. The summed E-state index contributed by atoms with van der Waals surface area (Å²) in [5.41, 5.74) is 10.7. The summed E-state index contributed by atoms with van der Waals surface area (Å²) in [7, 11) is 1.70. The number of carbonyl (C=O) groups excluding carboxylic acids is 3. The molecule has 262 valence electrons. The van der Waals surface area contributed by atoms with E-state index in [1.165, 1.54) is 11.3 Å². The highest BCUT2D eigenvalue weighted by molar-refractivity contribution is 7.09. The van der Waals surface area contributed by atoms with Crippen LogP contribution >= 0.6 is 22.7 Å². The van der Waals surface area contributed by atoms with Gasteiger partial charge in [-0.05, 0) is 55.7 Å². The van der Waals surface area contributed by atoms with Gasteiger partial charge in [-0.1, -0.05) is 74.5 Å². The van der Waals surface area contributed by atoms with E-state index in [1.54, 1.807) is 35.0 Å². The number of urea groups is 1. The minimum atomic E-state index is -0.708. The molecule has 2 aromatic heterocycles. The van der Waals surface area contributed by atoms with Crippen LogP contribution in [0.2, 0.25) is 0 Å². The molecule has 49 heavy (non-hydrogen) atoms. The third-order valence-electron chi connectivity index (χ3n) is 8.21. The van der Waals surface area contributed by atoms with Crippen LogP contribution in [-0.2, 0) is 35.5 Å². The zero-order valence-electron chi connectivity index (χ0n) is 28.5. The van der Waals surface area contributed by atoms with Crippen LogP contribution in [-0.4, -0.2) is 58.5 Å². The van der Waals surface area contributed by atoms with Gasteiger partial charge in [-0.3, -0.25) is 9.78 Å². The summed E-state index contributed by atoms with van der Waals surface area (Å²) in [5, 5.41) is 9.00. The molecule has 0 radical (unpaired) electrons. The van der Waals surface area contributed by atoms with E-state index in [9.17, 15) is 14.4 Å². The number of benzene rings is 2. The van der Waals surface area contributed by atoms with Gasteiger partial charge in [0.1, 0.15) is 6.61 Å². The Morgan fingerprint density at radius 2 is 1.61 bits per heavy atom.